The highest BCUT2D eigenvalue weighted by molar-refractivity contribution is 5.78. The Morgan fingerprint density at radius 3 is 2.76 bits per heavy atom. The summed E-state index contributed by atoms with van der Waals surface area (Å²) in [4.78, 5) is 4.43. The zero-order valence-corrected chi connectivity index (χ0v) is 10.0. The van der Waals surface area contributed by atoms with Crippen LogP contribution in [0.1, 0.15) is 19.8 Å². The summed E-state index contributed by atoms with van der Waals surface area (Å²) in [5.41, 5.74) is 8.20. The molecule has 2 N–H and O–H groups in total. The van der Waals surface area contributed by atoms with Gasteiger partial charge < -0.3 is 15.0 Å². The summed E-state index contributed by atoms with van der Waals surface area (Å²) >= 11 is 0. The van der Waals surface area contributed by atoms with Crippen LogP contribution in [-0.4, -0.2) is 22.8 Å². The molecule has 17 heavy (non-hydrogen) atoms. The van der Waals surface area contributed by atoms with Gasteiger partial charge in [-0.3, -0.25) is 0 Å². The Kier molecular flexibility index (Phi) is 2.33. The monoisotopic (exact) mass is 231 g/mol. The Balaban J connectivity index is 2.18. The Bertz CT molecular complexity index is 541. The van der Waals surface area contributed by atoms with Gasteiger partial charge in [-0.05, 0) is 31.9 Å². The van der Waals surface area contributed by atoms with Gasteiger partial charge in [0, 0.05) is 18.8 Å². The quantitative estimate of drug-likeness (QED) is 0.818. The number of aromatic nitrogens is 2. The Labute approximate surface area is 100 Å². The topological polar surface area (TPSA) is 53.1 Å². The summed E-state index contributed by atoms with van der Waals surface area (Å²) in [6.07, 6.45) is 1.97. The highest BCUT2D eigenvalue weighted by atomic mass is 16.5. The fourth-order valence-corrected chi connectivity index (χ4v) is 2.65. The molecule has 1 aromatic carbocycles. The van der Waals surface area contributed by atoms with Crippen molar-refractivity contribution in [1.29, 1.82) is 0 Å². The lowest BCUT2D eigenvalue weighted by atomic mass is 9.92. The molecule has 0 atom stereocenters. The van der Waals surface area contributed by atoms with Gasteiger partial charge in [-0.25, -0.2) is 4.98 Å². The molecular formula is C13H17N3O. The van der Waals surface area contributed by atoms with Gasteiger partial charge in [0.2, 0.25) is 5.95 Å². The molecule has 1 aromatic heterocycles. The van der Waals surface area contributed by atoms with Crippen LogP contribution in [0, 0.1) is 0 Å². The molecule has 0 bridgehead atoms. The van der Waals surface area contributed by atoms with E-state index in [0.29, 0.717) is 5.95 Å². The minimum absolute atomic E-state index is 0.0262. The number of ether oxygens (including phenoxy) is 1. The van der Waals surface area contributed by atoms with Crippen molar-refractivity contribution in [1.82, 2.24) is 9.55 Å². The number of rotatable bonds is 1. The molecular weight excluding hydrogens is 214 g/mol. The third kappa shape index (κ3) is 1.60. The van der Waals surface area contributed by atoms with E-state index in [9.17, 15) is 0 Å². The molecule has 90 valence electrons. The largest absolute Gasteiger partial charge is 0.381 e. The fourth-order valence-electron chi connectivity index (χ4n) is 2.65. The first-order valence-corrected chi connectivity index (χ1v) is 6.02. The van der Waals surface area contributed by atoms with Crippen molar-refractivity contribution < 1.29 is 4.74 Å². The van der Waals surface area contributed by atoms with E-state index >= 15 is 0 Å². The van der Waals surface area contributed by atoms with Crippen LogP contribution in [0.4, 0.5) is 5.95 Å². The molecule has 1 fully saturated rings. The number of fused-ring (bicyclic) bond motifs is 1. The van der Waals surface area contributed by atoms with E-state index in [4.69, 9.17) is 10.5 Å². The predicted octanol–water partition coefficient (Wildman–Crippen LogP) is 2.14. The Morgan fingerprint density at radius 2 is 2.00 bits per heavy atom. The van der Waals surface area contributed by atoms with Crippen molar-refractivity contribution in [2.45, 2.75) is 25.3 Å². The third-order valence-electron chi connectivity index (χ3n) is 3.70. The highest BCUT2D eigenvalue weighted by Crippen LogP contribution is 2.34. The second-order valence-corrected chi connectivity index (χ2v) is 4.90. The van der Waals surface area contributed by atoms with Gasteiger partial charge in [0.15, 0.2) is 0 Å². The van der Waals surface area contributed by atoms with Gasteiger partial charge in [-0.1, -0.05) is 12.1 Å². The molecule has 1 aliphatic heterocycles. The second kappa shape index (κ2) is 3.74. The number of nitrogen functional groups attached to an aromatic ring is 1. The van der Waals surface area contributed by atoms with E-state index in [0.717, 1.165) is 37.1 Å². The lowest BCUT2D eigenvalue weighted by Gasteiger charge is -2.36. The summed E-state index contributed by atoms with van der Waals surface area (Å²) < 4.78 is 7.61. The maximum atomic E-state index is 6.08. The summed E-state index contributed by atoms with van der Waals surface area (Å²) in [5.74, 6) is 0.607. The molecule has 2 heterocycles. The zero-order chi connectivity index (χ0) is 11.9. The molecule has 2 aromatic rings. The van der Waals surface area contributed by atoms with Crippen LogP contribution in [0.15, 0.2) is 24.3 Å². The molecule has 0 saturated carbocycles. The molecule has 0 spiro atoms. The van der Waals surface area contributed by atoms with E-state index in [1.807, 2.05) is 18.2 Å². The SMILES string of the molecule is CC1(n2c(N)nc3ccccc32)CCOCC1. The Morgan fingerprint density at radius 1 is 1.29 bits per heavy atom. The van der Waals surface area contributed by atoms with Gasteiger partial charge >= 0.3 is 0 Å². The van der Waals surface area contributed by atoms with E-state index in [2.05, 4.69) is 22.5 Å². The summed E-state index contributed by atoms with van der Waals surface area (Å²) in [7, 11) is 0. The number of nitrogens with zero attached hydrogens (tertiary/aromatic N) is 2. The first-order chi connectivity index (χ1) is 8.21. The average molecular weight is 231 g/mol. The molecule has 3 rings (SSSR count). The standard InChI is InChI=1S/C13H17N3O/c1-13(6-8-17-9-7-13)16-11-5-3-2-4-10(11)15-12(16)14/h2-5H,6-9H2,1H3,(H2,14,15). The summed E-state index contributed by atoms with van der Waals surface area (Å²) in [6.45, 7) is 3.82. The lowest BCUT2D eigenvalue weighted by molar-refractivity contribution is 0.0321. The van der Waals surface area contributed by atoms with E-state index < -0.39 is 0 Å². The zero-order valence-electron chi connectivity index (χ0n) is 10.0. The second-order valence-electron chi connectivity index (χ2n) is 4.90. The molecule has 4 nitrogen and oxygen atoms in total. The van der Waals surface area contributed by atoms with Crippen LogP contribution in [0.5, 0.6) is 0 Å². The van der Waals surface area contributed by atoms with E-state index in [1.165, 1.54) is 0 Å². The smallest absolute Gasteiger partial charge is 0.201 e. The minimum atomic E-state index is 0.0262. The molecule has 0 unspecified atom stereocenters. The first-order valence-electron chi connectivity index (χ1n) is 6.02. The fraction of sp³-hybridized carbons (Fsp3) is 0.462. The maximum absolute atomic E-state index is 6.08. The van der Waals surface area contributed by atoms with E-state index in [1.54, 1.807) is 0 Å². The van der Waals surface area contributed by atoms with Crippen molar-refractivity contribution in [3.05, 3.63) is 24.3 Å². The van der Waals surface area contributed by atoms with Crippen LogP contribution < -0.4 is 5.73 Å². The van der Waals surface area contributed by atoms with Gasteiger partial charge in [0.25, 0.3) is 0 Å². The molecule has 1 aliphatic rings. The van der Waals surface area contributed by atoms with Crippen LogP contribution in [0.25, 0.3) is 11.0 Å². The number of imidazole rings is 1. The number of hydrogen-bond acceptors (Lipinski definition) is 3. The number of nitrogens with two attached hydrogens (primary N) is 1. The number of hydrogen-bond donors (Lipinski definition) is 1. The predicted molar refractivity (Wildman–Crippen MR) is 67.8 cm³/mol. The third-order valence-corrected chi connectivity index (χ3v) is 3.70. The van der Waals surface area contributed by atoms with Crippen LogP contribution in [0.2, 0.25) is 0 Å². The Hall–Kier alpha value is -1.55. The van der Waals surface area contributed by atoms with Crippen molar-refractivity contribution in [3.8, 4) is 0 Å². The average Bonchev–Trinajstić information content (AvgIpc) is 2.66. The van der Waals surface area contributed by atoms with Crippen molar-refractivity contribution in [3.63, 3.8) is 0 Å². The number of benzene rings is 1. The molecule has 0 aliphatic carbocycles. The van der Waals surface area contributed by atoms with Gasteiger partial charge in [-0.15, -0.1) is 0 Å². The van der Waals surface area contributed by atoms with Crippen LogP contribution >= 0.6 is 0 Å². The van der Waals surface area contributed by atoms with Crippen molar-refractivity contribution in [2.24, 2.45) is 0 Å². The van der Waals surface area contributed by atoms with Gasteiger partial charge in [0.1, 0.15) is 0 Å². The molecule has 4 heteroatoms. The van der Waals surface area contributed by atoms with Gasteiger partial charge in [0.05, 0.1) is 11.0 Å². The van der Waals surface area contributed by atoms with Crippen molar-refractivity contribution >= 4 is 17.0 Å². The molecule has 0 amide bonds. The van der Waals surface area contributed by atoms with Gasteiger partial charge in [-0.2, -0.15) is 0 Å². The van der Waals surface area contributed by atoms with Crippen LogP contribution in [0.3, 0.4) is 0 Å². The normalized spacial score (nSPS) is 19.6. The number of anilines is 1. The molecule has 1 saturated heterocycles. The highest BCUT2D eigenvalue weighted by Gasteiger charge is 2.32. The molecule has 0 radical (unpaired) electrons. The summed E-state index contributed by atoms with van der Waals surface area (Å²) in [5, 5.41) is 0. The van der Waals surface area contributed by atoms with E-state index in [-0.39, 0.29) is 5.54 Å². The van der Waals surface area contributed by atoms with Crippen molar-refractivity contribution in [2.75, 3.05) is 18.9 Å². The number of para-hydroxylation sites is 2. The first kappa shape index (κ1) is 10.6. The lowest BCUT2D eigenvalue weighted by Crippen LogP contribution is -2.37. The summed E-state index contributed by atoms with van der Waals surface area (Å²) in [6, 6.07) is 8.11. The minimum Gasteiger partial charge on any atom is -0.381 e. The van der Waals surface area contributed by atoms with Crippen LogP contribution in [-0.2, 0) is 10.3 Å². The maximum Gasteiger partial charge on any atom is 0.201 e.